The molecule has 2 aliphatic rings. The van der Waals surface area contributed by atoms with Crippen molar-refractivity contribution < 1.29 is 14.1 Å². The van der Waals surface area contributed by atoms with Crippen LogP contribution in [-0.2, 0) is 17.6 Å². The van der Waals surface area contributed by atoms with E-state index in [9.17, 15) is 4.79 Å². The molecule has 1 fully saturated rings. The summed E-state index contributed by atoms with van der Waals surface area (Å²) in [4.78, 5) is 19.3. The molecular weight excluding hydrogens is 378 g/mol. The number of hydrogen-bond acceptors (Lipinski definition) is 5. The number of aryl methyl sites for hydroxylation is 1. The average molecular weight is 403 g/mol. The summed E-state index contributed by atoms with van der Waals surface area (Å²) in [5.41, 5.74) is 4.64. The first kappa shape index (κ1) is 18.9. The third kappa shape index (κ3) is 3.47. The van der Waals surface area contributed by atoms with Crippen molar-refractivity contribution in [1.29, 1.82) is 0 Å². The van der Waals surface area contributed by atoms with Gasteiger partial charge in [0.15, 0.2) is 0 Å². The highest BCUT2D eigenvalue weighted by molar-refractivity contribution is 5.97. The fraction of sp³-hybridized carbons (Fsp3) is 0.375. The Bertz CT molecular complexity index is 1060. The molecule has 1 atom stereocenters. The summed E-state index contributed by atoms with van der Waals surface area (Å²) in [6.07, 6.45) is 4.95. The van der Waals surface area contributed by atoms with Gasteiger partial charge in [-0.3, -0.25) is 4.79 Å². The molecule has 2 aromatic carbocycles. The van der Waals surface area contributed by atoms with Crippen molar-refractivity contribution in [2.24, 2.45) is 0 Å². The van der Waals surface area contributed by atoms with Crippen LogP contribution < -0.4 is 9.64 Å². The number of aromatic nitrogens is 2. The van der Waals surface area contributed by atoms with Gasteiger partial charge in [-0.05, 0) is 74.1 Å². The van der Waals surface area contributed by atoms with Gasteiger partial charge in [-0.25, -0.2) is 0 Å². The maximum atomic E-state index is 12.8. The van der Waals surface area contributed by atoms with E-state index in [1.54, 1.807) is 0 Å². The lowest BCUT2D eigenvalue weighted by molar-refractivity contribution is -0.117. The largest absolute Gasteiger partial charge is 0.494 e. The van der Waals surface area contributed by atoms with Gasteiger partial charge in [0.25, 0.3) is 0 Å². The SMILES string of the molecule is CCOc1ccc(-c2noc(C3CC(=O)N(c4cccc5c4CCCC5)C3)n2)cc1. The van der Waals surface area contributed by atoms with Gasteiger partial charge in [-0.2, -0.15) is 4.98 Å². The van der Waals surface area contributed by atoms with Crippen LogP contribution in [0.25, 0.3) is 11.4 Å². The second-order valence-corrected chi connectivity index (χ2v) is 7.94. The first-order chi connectivity index (χ1) is 14.7. The predicted molar refractivity (Wildman–Crippen MR) is 114 cm³/mol. The molecule has 154 valence electrons. The minimum absolute atomic E-state index is 0.0825. The minimum Gasteiger partial charge on any atom is -0.494 e. The van der Waals surface area contributed by atoms with Crippen LogP contribution in [0.4, 0.5) is 5.69 Å². The number of anilines is 1. The third-order valence-electron chi connectivity index (χ3n) is 6.00. The topological polar surface area (TPSA) is 68.5 Å². The van der Waals surface area contributed by atoms with E-state index in [1.807, 2.05) is 36.1 Å². The van der Waals surface area contributed by atoms with Crippen molar-refractivity contribution in [2.45, 2.75) is 44.9 Å². The number of fused-ring (bicyclic) bond motifs is 1. The molecule has 30 heavy (non-hydrogen) atoms. The monoisotopic (exact) mass is 403 g/mol. The number of hydrogen-bond donors (Lipinski definition) is 0. The molecule has 0 radical (unpaired) electrons. The summed E-state index contributed by atoms with van der Waals surface area (Å²) < 4.78 is 11.0. The van der Waals surface area contributed by atoms with Gasteiger partial charge in [-0.1, -0.05) is 17.3 Å². The van der Waals surface area contributed by atoms with Gasteiger partial charge < -0.3 is 14.2 Å². The number of rotatable bonds is 5. The first-order valence-corrected chi connectivity index (χ1v) is 10.7. The quantitative estimate of drug-likeness (QED) is 0.626. The standard InChI is InChI=1S/C24H25N3O3/c1-2-29-19-12-10-17(11-13-19)23-25-24(30-26-23)18-14-22(28)27(15-18)21-9-5-7-16-6-3-4-8-20(16)21/h5,7,9-13,18H,2-4,6,8,14-15H2,1H3. The number of carbonyl (C=O) groups excluding carboxylic acids is 1. The first-order valence-electron chi connectivity index (χ1n) is 10.7. The van der Waals surface area contributed by atoms with E-state index in [1.165, 1.54) is 24.0 Å². The van der Waals surface area contributed by atoms with Crippen molar-refractivity contribution in [2.75, 3.05) is 18.1 Å². The number of amides is 1. The van der Waals surface area contributed by atoms with Crippen LogP contribution in [0, 0.1) is 0 Å². The maximum absolute atomic E-state index is 12.8. The molecule has 2 heterocycles. The van der Waals surface area contributed by atoms with Gasteiger partial charge in [0.05, 0.1) is 12.5 Å². The molecule has 0 N–H and O–H groups in total. The molecule has 5 rings (SSSR count). The summed E-state index contributed by atoms with van der Waals surface area (Å²) in [6, 6.07) is 14.0. The van der Waals surface area contributed by atoms with E-state index in [-0.39, 0.29) is 11.8 Å². The molecule has 1 saturated heterocycles. The fourth-order valence-electron chi connectivity index (χ4n) is 4.51. The van der Waals surface area contributed by atoms with Crippen LogP contribution in [-0.4, -0.2) is 29.2 Å². The van der Waals surface area contributed by atoms with E-state index >= 15 is 0 Å². The van der Waals surface area contributed by atoms with Crippen molar-refractivity contribution in [3.05, 3.63) is 59.5 Å². The summed E-state index contributed by atoms with van der Waals surface area (Å²) >= 11 is 0. The number of benzene rings is 2. The van der Waals surface area contributed by atoms with Crippen LogP contribution in [0.5, 0.6) is 5.75 Å². The molecule has 0 bridgehead atoms. The average Bonchev–Trinajstić information content (AvgIpc) is 3.41. The number of ether oxygens (including phenoxy) is 1. The van der Waals surface area contributed by atoms with Crippen LogP contribution in [0.1, 0.15) is 49.1 Å². The normalized spacial score (nSPS) is 18.5. The van der Waals surface area contributed by atoms with E-state index in [2.05, 4.69) is 28.3 Å². The Labute approximate surface area is 175 Å². The summed E-state index contributed by atoms with van der Waals surface area (Å²) in [7, 11) is 0. The van der Waals surface area contributed by atoms with E-state index in [0.717, 1.165) is 29.8 Å². The number of carbonyl (C=O) groups is 1. The molecule has 6 heteroatoms. The predicted octanol–water partition coefficient (Wildman–Crippen LogP) is 4.53. The van der Waals surface area contributed by atoms with Crippen LogP contribution >= 0.6 is 0 Å². The second-order valence-electron chi connectivity index (χ2n) is 7.94. The Hall–Kier alpha value is -3.15. The molecule has 1 aromatic heterocycles. The molecule has 1 unspecified atom stereocenters. The molecule has 0 spiro atoms. The van der Waals surface area contributed by atoms with Crippen molar-refractivity contribution >= 4 is 11.6 Å². The van der Waals surface area contributed by atoms with Gasteiger partial charge >= 0.3 is 0 Å². The highest BCUT2D eigenvalue weighted by atomic mass is 16.5. The lowest BCUT2D eigenvalue weighted by Crippen LogP contribution is -2.26. The highest BCUT2D eigenvalue weighted by Gasteiger charge is 2.36. The molecular formula is C24H25N3O3. The minimum atomic E-state index is -0.0825. The van der Waals surface area contributed by atoms with Gasteiger partial charge in [0.2, 0.25) is 17.6 Å². The van der Waals surface area contributed by atoms with Crippen molar-refractivity contribution in [1.82, 2.24) is 10.1 Å². The van der Waals surface area contributed by atoms with Crippen molar-refractivity contribution in [3.63, 3.8) is 0 Å². The fourth-order valence-corrected chi connectivity index (χ4v) is 4.51. The Morgan fingerprint density at radius 2 is 1.97 bits per heavy atom. The second kappa shape index (κ2) is 7.94. The zero-order valence-electron chi connectivity index (χ0n) is 17.1. The van der Waals surface area contributed by atoms with Crippen LogP contribution in [0.3, 0.4) is 0 Å². The lowest BCUT2D eigenvalue weighted by atomic mass is 9.90. The lowest BCUT2D eigenvalue weighted by Gasteiger charge is -2.25. The van der Waals surface area contributed by atoms with Gasteiger partial charge in [0, 0.05) is 24.2 Å². The highest BCUT2D eigenvalue weighted by Crippen LogP contribution is 2.36. The zero-order valence-corrected chi connectivity index (χ0v) is 17.1. The van der Waals surface area contributed by atoms with E-state index < -0.39 is 0 Å². The molecule has 0 saturated carbocycles. The molecule has 6 nitrogen and oxygen atoms in total. The summed E-state index contributed by atoms with van der Waals surface area (Å²) in [5.74, 6) is 1.92. The molecule has 1 aliphatic carbocycles. The zero-order chi connectivity index (χ0) is 20.5. The van der Waals surface area contributed by atoms with E-state index in [4.69, 9.17) is 9.26 Å². The number of nitrogens with zero attached hydrogens (tertiary/aromatic N) is 3. The maximum Gasteiger partial charge on any atom is 0.232 e. The van der Waals surface area contributed by atoms with Crippen molar-refractivity contribution in [3.8, 4) is 17.1 Å². The van der Waals surface area contributed by atoms with E-state index in [0.29, 0.717) is 31.3 Å². The smallest absolute Gasteiger partial charge is 0.232 e. The molecule has 3 aromatic rings. The molecule has 1 amide bonds. The van der Waals surface area contributed by atoms with Gasteiger partial charge in [-0.15, -0.1) is 0 Å². The third-order valence-corrected chi connectivity index (χ3v) is 6.00. The van der Waals surface area contributed by atoms with Crippen LogP contribution in [0.2, 0.25) is 0 Å². The van der Waals surface area contributed by atoms with Crippen LogP contribution in [0.15, 0.2) is 47.0 Å². The summed E-state index contributed by atoms with van der Waals surface area (Å²) in [5, 5.41) is 4.14. The Morgan fingerprint density at radius 3 is 2.80 bits per heavy atom. The molecule has 1 aliphatic heterocycles. The Balaban J connectivity index is 1.35. The summed E-state index contributed by atoms with van der Waals surface area (Å²) in [6.45, 7) is 3.17. The Kier molecular flexibility index (Phi) is 4.99. The van der Waals surface area contributed by atoms with Gasteiger partial charge in [0.1, 0.15) is 5.75 Å². The Morgan fingerprint density at radius 1 is 1.13 bits per heavy atom.